The van der Waals surface area contributed by atoms with Crippen molar-refractivity contribution in [1.29, 1.82) is 0 Å². The van der Waals surface area contributed by atoms with Crippen molar-refractivity contribution in [2.75, 3.05) is 0 Å². The van der Waals surface area contributed by atoms with E-state index in [1.165, 1.54) is 12.8 Å². The van der Waals surface area contributed by atoms with Crippen LogP contribution in [-0.4, -0.2) is 21.5 Å². The largest absolute Gasteiger partial charge is 0.292 e. The SMILES string of the molecule is O=C(c1nc2ccccc2nc1C(=O)C1CCCCC1)C1CCCCC1. The minimum Gasteiger partial charge on any atom is -0.292 e. The van der Waals surface area contributed by atoms with Gasteiger partial charge in [-0.3, -0.25) is 9.59 Å². The van der Waals surface area contributed by atoms with Gasteiger partial charge >= 0.3 is 0 Å². The number of benzene rings is 1. The van der Waals surface area contributed by atoms with Crippen molar-refractivity contribution in [1.82, 2.24) is 9.97 Å². The van der Waals surface area contributed by atoms with E-state index in [2.05, 4.69) is 9.97 Å². The first kappa shape index (κ1) is 17.3. The van der Waals surface area contributed by atoms with Gasteiger partial charge in [0.25, 0.3) is 0 Å². The normalized spacial score (nSPS) is 19.5. The highest BCUT2D eigenvalue weighted by Gasteiger charge is 2.32. The van der Waals surface area contributed by atoms with Crippen molar-refractivity contribution in [3.8, 4) is 0 Å². The average molecular weight is 350 g/mol. The summed E-state index contributed by atoms with van der Waals surface area (Å²) in [5.74, 6) is 0.0541. The molecule has 2 saturated carbocycles. The lowest BCUT2D eigenvalue weighted by molar-refractivity contribution is 0.0846. The molecule has 4 nitrogen and oxygen atoms in total. The molecule has 4 heteroatoms. The maximum absolute atomic E-state index is 13.2. The Labute approximate surface area is 154 Å². The first-order chi connectivity index (χ1) is 12.7. The molecule has 0 amide bonds. The van der Waals surface area contributed by atoms with Crippen molar-refractivity contribution in [2.45, 2.75) is 64.2 Å². The fraction of sp³-hybridized carbons (Fsp3) is 0.545. The van der Waals surface area contributed by atoms with Crippen LogP contribution in [0.4, 0.5) is 0 Å². The van der Waals surface area contributed by atoms with Gasteiger partial charge in [0, 0.05) is 11.8 Å². The molecule has 1 heterocycles. The van der Waals surface area contributed by atoms with E-state index < -0.39 is 0 Å². The molecule has 2 aliphatic rings. The third-order valence-corrected chi connectivity index (χ3v) is 5.99. The highest BCUT2D eigenvalue weighted by molar-refractivity contribution is 6.09. The summed E-state index contributed by atoms with van der Waals surface area (Å²) in [4.78, 5) is 35.7. The van der Waals surface area contributed by atoms with Crippen molar-refractivity contribution in [3.05, 3.63) is 35.7 Å². The Morgan fingerprint density at radius 1 is 0.654 bits per heavy atom. The summed E-state index contributed by atoms with van der Waals surface area (Å²) in [6.07, 6.45) is 10.4. The molecule has 0 unspecified atom stereocenters. The maximum atomic E-state index is 13.2. The van der Waals surface area contributed by atoms with Gasteiger partial charge in [0.2, 0.25) is 0 Å². The molecule has 26 heavy (non-hydrogen) atoms. The zero-order valence-electron chi connectivity index (χ0n) is 15.2. The van der Waals surface area contributed by atoms with Gasteiger partial charge in [-0.2, -0.15) is 0 Å². The predicted octanol–water partition coefficient (Wildman–Crippen LogP) is 5.16. The van der Waals surface area contributed by atoms with E-state index in [1.807, 2.05) is 24.3 Å². The summed E-state index contributed by atoms with van der Waals surface area (Å²) >= 11 is 0. The summed E-state index contributed by atoms with van der Waals surface area (Å²) in [5.41, 5.74) is 2.05. The number of carbonyl (C=O) groups excluding carboxylic acids is 2. The molecular formula is C22H26N2O2. The van der Waals surface area contributed by atoms with Gasteiger partial charge in [0.05, 0.1) is 11.0 Å². The summed E-state index contributed by atoms with van der Waals surface area (Å²) in [6.45, 7) is 0. The Balaban J connectivity index is 1.75. The molecule has 0 atom stereocenters. The topological polar surface area (TPSA) is 59.9 Å². The first-order valence-corrected chi connectivity index (χ1v) is 10.1. The van der Waals surface area contributed by atoms with Crippen molar-refractivity contribution < 1.29 is 9.59 Å². The molecule has 2 aromatic rings. The van der Waals surface area contributed by atoms with Gasteiger partial charge in [-0.05, 0) is 37.8 Å². The molecular weight excluding hydrogens is 324 g/mol. The van der Waals surface area contributed by atoms with Crippen LogP contribution >= 0.6 is 0 Å². The lowest BCUT2D eigenvalue weighted by atomic mass is 9.82. The van der Waals surface area contributed by atoms with Crippen LogP contribution in [0.1, 0.15) is 85.2 Å². The Kier molecular flexibility index (Phi) is 5.09. The standard InChI is InChI=1S/C22H26N2O2/c25-21(15-9-3-1-4-10-15)19-20(22(26)16-11-5-2-6-12-16)24-18-14-8-7-13-17(18)23-19/h7-8,13-16H,1-6,9-12H2. The highest BCUT2D eigenvalue weighted by atomic mass is 16.1. The number of nitrogens with zero attached hydrogens (tertiary/aromatic N) is 2. The van der Waals surface area contributed by atoms with Crippen LogP contribution in [0.3, 0.4) is 0 Å². The molecule has 1 aromatic carbocycles. The number of carbonyl (C=O) groups is 2. The number of Topliss-reactive ketones (excluding diaryl/α,β-unsaturated/α-hetero) is 2. The molecule has 0 aliphatic heterocycles. The molecule has 0 radical (unpaired) electrons. The first-order valence-electron chi connectivity index (χ1n) is 10.1. The van der Waals surface area contributed by atoms with Crippen LogP contribution in [0.15, 0.2) is 24.3 Å². The molecule has 0 bridgehead atoms. The summed E-state index contributed by atoms with van der Waals surface area (Å²) < 4.78 is 0. The molecule has 2 aliphatic carbocycles. The molecule has 0 N–H and O–H groups in total. The second-order valence-corrected chi connectivity index (χ2v) is 7.81. The second kappa shape index (κ2) is 7.65. The lowest BCUT2D eigenvalue weighted by Gasteiger charge is -2.23. The van der Waals surface area contributed by atoms with Crippen molar-refractivity contribution >= 4 is 22.6 Å². The van der Waals surface area contributed by atoms with Crippen LogP contribution in [0.25, 0.3) is 11.0 Å². The number of hydrogen-bond acceptors (Lipinski definition) is 4. The average Bonchev–Trinajstić information content (AvgIpc) is 2.73. The smallest absolute Gasteiger partial charge is 0.186 e. The molecule has 136 valence electrons. The number of rotatable bonds is 4. The van der Waals surface area contributed by atoms with Crippen LogP contribution < -0.4 is 0 Å². The molecule has 2 fully saturated rings. The number of ketones is 2. The van der Waals surface area contributed by atoms with Crippen molar-refractivity contribution in [3.63, 3.8) is 0 Å². The van der Waals surface area contributed by atoms with Crippen LogP contribution in [0.2, 0.25) is 0 Å². The zero-order valence-corrected chi connectivity index (χ0v) is 15.2. The van der Waals surface area contributed by atoms with E-state index in [9.17, 15) is 9.59 Å². The predicted molar refractivity (Wildman–Crippen MR) is 101 cm³/mol. The molecule has 4 rings (SSSR count). The monoisotopic (exact) mass is 350 g/mol. The summed E-state index contributed by atoms with van der Waals surface area (Å²) in [7, 11) is 0. The number of hydrogen-bond donors (Lipinski definition) is 0. The summed E-state index contributed by atoms with van der Waals surface area (Å²) in [6, 6.07) is 7.53. The zero-order chi connectivity index (χ0) is 17.9. The van der Waals surface area contributed by atoms with E-state index in [0.717, 1.165) is 51.4 Å². The maximum Gasteiger partial charge on any atom is 0.186 e. The molecule has 1 aromatic heterocycles. The van der Waals surface area contributed by atoms with Crippen molar-refractivity contribution in [2.24, 2.45) is 11.8 Å². The van der Waals surface area contributed by atoms with Gasteiger partial charge < -0.3 is 0 Å². The fourth-order valence-corrected chi connectivity index (χ4v) is 4.46. The third-order valence-electron chi connectivity index (χ3n) is 5.99. The Bertz CT molecular complexity index is 750. The summed E-state index contributed by atoms with van der Waals surface area (Å²) in [5, 5.41) is 0. The second-order valence-electron chi connectivity index (χ2n) is 7.81. The van der Waals surface area contributed by atoms with E-state index in [1.54, 1.807) is 0 Å². The Hall–Kier alpha value is -2.10. The van der Waals surface area contributed by atoms with Crippen LogP contribution in [0.5, 0.6) is 0 Å². The molecule has 0 spiro atoms. The molecule has 0 saturated heterocycles. The van der Waals surface area contributed by atoms with Gasteiger partial charge in [0.1, 0.15) is 11.4 Å². The van der Waals surface area contributed by atoms with Gasteiger partial charge in [0.15, 0.2) is 11.6 Å². The third kappa shape index (κ3) is 3.42. The van der Waals surface area contributed by atoms with E-state index in [-0.39, 0.29) is 23.4 Å². The van der Waals surface area contributed by atoms with Crippen LogP contribution in [-0.2, 0) is 0 Å². The van der Waals surface area contributed by atoms with Gasteiger partial charge in [-0.25, -0.2) is 9.97 Å². The highest BCUT2D eigenvalue weighted by Crippen LogP contribution is 2.31. The minimum absolute atomic E-state index is 0.00267. The number of fused-ring (bicyclic) bond motifs is 1. The lowest BCUT2D eigenvalue weighted by Crippen LogP contribution is -2.26. The van der Waals surface area contributed by atoms with Gasteiger partial charge in [-0.1, -0.05) is 50.7 Å². The number of aromatic nitrogens is 2. The fourth-order valence-electron chi connectivity index (χ4n) is 4.46. The van der Waals surface area contributed by atoms with E-state index in [4.69, 9.17) is 0 Å². The Morgan fingerprint density at radius 3 is 1.42 bits per heavy atom. The quantitative estimate of drug-likeness (QED) is 0.715. The number of para-hydroxylation sites is 2. The van der Waals surface area contributed by atoms with E-state index >= 15 is 0 Å². The Morgan fingerprint density at radius 2 is 1.04 bits per heavy atom. The van der Waals surface area contributed by atoms with E-state index in [0.29, 0.717) is 22.4 Å². The van der Waals surface area contributed by atoms with Gasteiger partial charge in [-0.15, -0.1) is 0 Å². The minimum atomic E-state index is -0.00267. The van der Waals surface area contributed by atoms with Crippen LogP contribution in [0, 0.1) is 11.8 Å².